The van der Waals surface area contributed by atoms with E-state index >= 15 is 0 Å². The molecule has 0 atom stereocenters. The van der Waals surface area contributed by atoms with Crippen LogP contribution in [-0.4, -0.2) is 33.5 Å². The summed E-state index contributed by atoms with van der Waals surface area (Å²) < 4.78 is 15.6. The van der Waals surface area contributed by atoms with E-state index in [2.05, 4.69) is 10.2 Å². The molecule has 0 aliphatic carbocycles. The van der Waals surface area contributed by atoms with E-state index < -0.39 is 0 Å². The van der Waals surface area contributed by atoms with E-state index in [4.69, 9.17) is 25.7 Å². The van der Waals surface area contributed by atoms with Crippen molar-refractivity contribution in [1.29, 1.82) is 0 Å². The summed E-state index contributed by atoms with van der Waals surface area (Å²) in [7, 11) is 4.66. The van der Waals surface area contributed by atoms with Crippen molar-refractivity contribution in [1.82, 2.24) is 0 Å². The number of rotatable bonds is 5. The van der Waals surface area contributed by atoms with Crippen molar-refractivity contribution in [2.45, 2.75) is 0 Å². The molecule has 1 aromatic carbocycles. The third-order valence-electron chi connectivity index (χ3n) is 2.15. The van der Waals surface area contributed by atoms with Crippen LogP contribution in [0.4, 0.5) is 0 Å². The number of benzene rings is 1. The molecule has 0 heterocycles. The third kappa shape index (κ3) is 3.27. The van der Waals surface area contributed by atoms with E-state index in [0.717, 1.165) is 5.56 Å². The molecule has 0 fully saturated rings. The first-order valence-electron chi connectivity index (χ1n) is 5.09. The molecule has 0 saturated carbocycles. The van der Waals surface area contributed by atoms with Crippen LogP contribution < -0.4 is 30.8 Å². The summed E-state index contributed by atoms with van der Waals surface area (Å²) in [4.78, 5) is 0. The van der Waals surface area contributed by atoms with E-state index in [0.29, 0.717) is 17.2 Å². The second-order valence-electron chi connectivity index (χ2n) is 3.26. The van der Waals surface area contributed by atoms with Crippen LogP contribution in [0.15, 0.2) is 17.2 Å². The zero-order chi connectivity index (χ0) is 13.5. The molecule has 0 aliphatic rings. The van der Waals surface area contributed by atoms with Crippen molar-refractivity contribution in [3.05, 3.63) is 17.7 Å². The molecule has 0 aromatic heterocycles. The number of hydrogen-bond acceptors (Lipinski definition) is 4. The number of hydrazone groups is 1. The highest BCUT2D eigenvalue weighted by Crippen LogP contribution is 2.33. The Kier molecular flexibility index (Phi) is 4.79. The Morgan fingerprint density at radius 3 is 2.11 bits per heavy atom. The summed E-state index contributed by atoms with van der Waals surface area (Å²) in [5.41, 5.74) is 11.1. The minimum Gasteiger partial charge on any atom is -0.496 e. The second kappa shape index (κ2) is 6.33. The minimum atomic E-state index is -0.0642. The number of ether oxygens (including phenoxy) is 3. The van der Waals surface area contributed by atoms with Gasteiger partial charge in [-0.1, -0.05) is 0 Å². The molecule has 0 amide bonds. The molecule has 7 heteroatoms. The van der Waals surface area contributed by atoms with Crippen molar-refractivity contribution in [2.75, 3.05) is 21.3 Å². The Morgan fingerprint density at radius 2 is 1.61 bits per heavy atom. The van der Waals surface area contributed by atoms with Gasteiger partial charge in [0.25, 0.3) is 5.96 Å². The molecule has 5 N–H and O–H groups in total. The number of nitrogens with one attached hydrogen (secondary N) is 1. The summed E-state index contributed by atoms with van der Waals surface area (Å²) in [6, 6.07) is 3.45. The number of methoxy groups -OCH3 is 3. The van der Waals surface area contributed by atoms with Crippen LogP contribution in [0.5, 0.6) is 17.2 Å². The Bertz CT molecular complexity index is 468. The van der Waals surface area contributed by atoms with Gasteiger partial charge in [0.1, 0.15) is 5.75 Å². The predicted molar refractivity (Wildman–Crippen MR) is 68.0 cm³/mol. The van der Waals surface area contributed by atoms with Crippen molar-refractivity contribution in [3.63, 3.8) is 0 Å². The predicted octanol–water partition coefficient (Wildman–Crippen LogP) is -1.60. The average molecular weight is 253 g/mol. The first-order valence-corrected chi connectivity index (χ1v) is 5.09. The van der Waals surface area contributed by atoms with Crippen molar-refractivity contribution >= 4 is 12.2 Å². The minimum absolute atomic E-state index is 0.0642. The SMILES string of the molecule is COc1cc(OC)c(OC)cc1C=[NH+]N=C(N)N. The van der Waals surface area contributed by atoms with Crippen LogP contribution in [0, 0.1) is 0 Å². The van der Waals surface area contributed by atoms with Gasteiger partial charge in [0.2, 0.25) is 6.21 Å². The Morgan fingerprint density at radius 1 is 1.06 bits per heavy atom. The third-order valence-corrected chi connectivity index (χ3v) is 2.15. The molecule has 0 aliphatic heterocycles. The Hall–Kier alpha value is -2.44. The van der Waals surface area contributed by atoms with Crippen LogP contribution in [0.1, 0.15) is 5.56 Å². The van der Waals surface area contributed by atoms with E-state index in [1.807, 2.05) is 0 Å². The molecule has 18 heavy (non-hydrogen) atoms. The van der Waals surface area contributed by atoms with Crippen molar-refractivity contribution in [3.8, 4) is 17.2 Å². The van der Waals surface area contributed by atoms with Crippen molar-refractivity contribution < 1.29 is 19.3 Å². The summed E-state index contributed by atoms with van der Waals surface area (Å²) in [6.45, 7) is 0. The maximum atomic E-state index is 5.23. The maximum Gasteiger partial charge on any atom is 0.256 e. The monoisotopic (exact) mass is 253 g/mol. The van der Waals surface area contributed by atoms with Crippen LogP contribution in [0.3, 0.4) is 0 Å². The van der Waals surface area contributed by atoms with E-state index in [1.54, 1.807) is 39.7 Å². The summed E-state index contributed by atoms with van der Waals surface area (Å²) >= 11 is 0. The number of nitrogens with two attached hydrogens (primary N) is 2. The molecule has 0 spiro atoms. The van der Waals surface area contributed by atoms with Gasteiger partial charge in [0.05, 0.1) is 26.9 Å². The van der Waals surface area contributed by atoms with Gasteiger partial charge in [-0.25, -0.2) is 0 Å². The highest BCUT2D eigenvalue weighted by Gasteiger charge is 2.11. The van der Waals surface area contributed by atoms with Gasteiger partial charge in [-0.2, -0.15) is 0 Å². The molecule has 0 radical (unpaired) electrons. The van der Waals surface area contributed by atoms with Gasteiger partial charge in [-0.05, 0) is 0 Å². The summed E-state index contributed by atoms with van der Waals surface area (Å²) in [5, 5.41) is 6.23. The zero-order valence-electron chi connectivity index (χ0n) is 10.6. The molecular weight excluding hydrogens is 236 g/mol. The lowest BCUT2D eigenvalue weighted by Crippen LogP contribution is -2.63. The fraction of sp³-hybridized carbons (Fsp3) is 0.273. The molecule has 98 valence electrons. The molecule has 0 bridgehead atoms. The number of hydrogen-bond donors (Lipinski definition) is 3. The second-order valence-corrected chi connectivity index (χ2v) is 3.26. The molecule has 7 nitrogen and oxygen atoms in total. The van der Waals surface area contributed by atoms with E-state index in [-0.39, 0.29) is 5.96 Å². The maximum absolute atomic E-state index is 5.23. The van der Waals surface area contributed by atoms with Crippen LogP contribution in [-0.2, 0) is 0 Å². The van der Waals surface area contributed by atoms with Crippen LogP contribution >= 0.6 is 0 Å². The summed E-state index contributed by atoms with van der Waals surface area (Å²) in [6.07, 6.45) is 1.58. The topological polar surface area (TPSA) is 106 Å². The lowest BCUT2D eigenvalue weighted by molar-refractivity contribution is -0.456. The molecular formula is C11H17N4O3+. The highest BCUT2D eigenvalue weighted by atomic mass is 16.5. The van der Waals surface area contributed by atoms with Crippen LogP contribution in [0.2, 0.25) is 0 Å². The first-order chi connectivity index (χ1) is 8.62. The fourth-order valence-electron chi connectivity index (χ4n) is 1.34. The van der Waals surface area contributed by atoms with Crippen molar-refractivity contribution in [2.24, 2.45) is 16.6 Å². The smallest absolute Gasteiger partial charge is 0.256 e. The Balaban J connectivity index is 3.17. The lowest BCUT2D eigenvalue weighted by Gasteiger charge is -2.10. The number of guanidine groups is 1. The molecule has 1 aromatic rings. The van der Waals surface area contributed by atoms with Gasteiger partial charge in [0, 0.05) is 17.2 Å². The molecule has 0 saturated heterocycles. The van der Waals surface area contributed by atoms with Gasteiger partial charge < -0.3 is 25.7 Å². The average Bonchev–Trinajstić information content (AvgIpc) is 2.37. The van der Waals surface area contributed by atoms with Crippen LogP contribution in [0.25, 0.3) is 0 Å². The van der Waals surface area contributed by atoms with Gasteiger partial charge >= 0.3 is 0 Å². The van der Waals surface area contributed by atoms with Gasteiger partial charge in [-0.3, -0.25) is 0 Å². The highest BCUT2D eigenvalue weighted by molar-refractivity contribution is 5.82. The molecule has 0 unspecified atom stereocenters. The normalized spacial score (nSPS) is 10.2. The first kappa shape index (κ1) is 13.6. The zero-order valence-corrected chi connectivity index (χ0v) is 10.6. The van der Waals surface area contributed by atoms with Gasteiger partial charge in [0.15, 0.2) is 11.5 Å². The largest absolute Gasteiger partial charge is 0.496 e. The van der Waals surface area contributed by atoms with E-state index in [1.165, 1.54) is 0 Å². The Labute approximate surface area is 105 Å². The molecule has 1 rings (SSSR count). The van der Waals surface area contributed by atoms with Gasteiger partial charge in [-0.15, -0.1) is 5.10 Å². The lowest BCUT2D eigenvalue weighted by atomic mass is 10.2. The standard InChI is InChI=1S/C11H16N4O3/c1-16-8-5-10(18-3)9(17-2)4-7(8)6-14-15-11(12)13/h4-6H,1-3H3,(H4,12,13,15)/p+1. The fourth-order valence-corrected chi connectivity index (χ4v) is 1.34. The summed E-state index contributed by atoms with van der Waals surface area (Å²) in [5.74, 6) is 1.70. The quantitative estimate of drug-likeness (QED) is 0.333. The number of nitrogens with zero attached hydrogens (tertiary/aromatic N) is 1. The van der Waals surface area contributed by atoms with E-state index in [9.17, 15) is 0 Å².